The Morgan fingerprint density at radius 3 is 2.75 bits per heavy atom. The maximum Gasteiger partial charge on any atom is 0.168 e. The lowest BCUT2D eigenvalue weighted by atomic mass is 9.97. The predicted octanol–water partition coefficient (Wildman–Crippen LogP) is 2.77. The number of carbonyl (C=O) groups excluding carboxylic acids is 1. The van der Waals surface area contributed by atoms with Crippen molar-refractivity contribution in [1.82, 2.24) is 4.98 Å². The smallest absolute Gasteiger partial charge is 0.168 e. The Balaban J connectivity index is 2.71. The van der Waals surface area contributed by atoms with Crippen molar-refractivity contribution in [2.75, 3.05) is 6.61 Å². The molecule has 0 unspecified atom stereocenters. The number of nitrogens with zero attached hydrogens (tertiary/aromatic N) is 1. The van der Waals surface area contributed by atoms with Crippen molar-refractivity contribution in [1.29, 1.82) is 0 Å². The standard InChI is InChI=1S/C12H16BrNO2/c1-4-16-12(2,3)11(15)6-9-5-10(13)8-14-7-9/h5,7-8H,4,6H2,1-3H3. The van der Waals surface area contributed by atoms with Crippen LogP contribution >= 0.6 is 15.9 Å². The van der Waals surface area contributed by atoms with Gasteiger partial charge in [-0.15, -0.1) is 0 Å². The van der Waals surface area contributed by atoms with Crippen molar-refractivity contribution >= 4 is 21.7 Å². The summed E-state index contributed by atoms with van der Waals surface area (Å²) in [5.74, 6) is 0.0641. The van der Waals surface area contributed by atoms with Crippen LogP contribution in [0.1, 0.15) is 26.3 Å². The molecule has 0 aromatic carbocycles. The van der Waals surface area contributed by atoms with E-state index in [0.717, 1.165) is 10.0 Å². The number of ether oxygens (including phenoxy) is 1. The summed E-state index contributed by atoms with van der Waals surface area (Å²) in [5.41, 5.74) is 0.170. The fourth-order valence-corrected chi connectivity index (χ4v) is 1.80. The van der Waals surface area contributed by atoms with E-state index in [-0.39, 0.29) is 5.78 Å². The lowest BCUT2D eigenvalue weighted by Crippen LogP contribution is -2.36. The molecule has 0 amide bonds. The molecule has 0 radical (unpaired) electrons. The second-order valence-corrected chi connectivity index (χ2v) is 4.97. The molecule has 1 rings (SSSR count). The second kappa shape index (κ2) is 5.55. The summed E-state index contributed by atoms with van der Waals surface area (Å²) in [5, 5.41) is 0. The Kier molecular flexibility index (Phi) is 4.62. The van der Waals surface area contributed by atoms with Crippen molar-refractivity contribution in [3.05, 3.63) is 28.5 Å². The number of carbonyl (C=O) groups is 1. The third-order valence-corrected chi connectivity index (χ3v) is 2.74. The minimum Gasteiger partial charge on any atom is -0.368 e. The third kappa shape index (κ3) is 3.68. The first-order valence-electron chi connectivity index (χ1n) is 5.22. The van der Waals surface area contributed by atoms with Crippen molar-refractivity contribution in [2.24, 2.45) is 0 Å². The minimum atomic E-state index is -0.725. The first-order valence-corrected chi connectivity index (χ1v) is 6.01. The average Bonchev–Trinajstić information content (AvgIpc) is 2.17. The molecule has 3 nitrogen and oxygen atoms in total. The van der Waals surface area contributed by atoms with Crippen LogP contribution in [0.25, 0.3) is 0 Å². The highest BCUT2D eigenvalue weighted by Gasteiger charge is 2.27. The summed E-state index contributed by atoms with van der Waals surface area (Å²) in [6.07, 6.45) is 3.74. The fraction of sp³-hybridized carbons (Fsp3) is 0.500. The van der Waals surface area contributed by atoms with Crippen LogP contribution in [-0.2, 0) is 16.0 Å². The van der Waals surface area contributed by atoms with E-state index in [1.54, 1.807) is 26.2 Å². The Hall–Kier alpha value is -0.740. The number of rotatable bonds is 5. The van der Waals surface area contributed by atoms with Crippen LogP contribution in [0, 0.1) is 0 Å². The minimum absolute atomic E-state index is 0.0641. The van der Waals surface area contributed by atoms with Gasteiger partial charge in [-0.25, -0.2) is 0 Å². The maximum atomic E-state index is 12.0. The topological polar surface area (TPSA) is 39.2 Å². The Bertz CT molecular complexity index is 377. The van der Waals surface area contributed by atoms with Gasteiger partial charge in [0, 0.05) is 29.9 Å². The average molecular weight is 286 g/mol. The Morgan fingerprint density at radius 2 is 2.19 bits per heavy atom. The van der Waals surface area contributed by atoms with Crippen LogP contribution in [0.5, 0.6) is 0 Å². The fourth-order valence-electron chi connectivity index (χ4n) is 1.39. The normalized spacial score (nSPS) is 11.5. The largest absolute Gasteiger partial charge is 0.368 e. The zero-order valence-electron chi connectivity index (χ0n) is 9.79. The van der Waals surface area contributed by atoms with Crippen LogP contribution in [0.4, 0.5) is 0 Å². The number of Topliss-reactive ketones (excluding diaryl/α,β-unsaturated/α-hetero) is 1. The lowest BCUT2D eigenvalue weighted by molar-refractivity contribution is -0.139. The molecule has 0 aliphatic heterocycles. The summed E-state index contributed by atoms with van der Waals surface area (Å²) >= 11 is 3.33. The SMILES string of the molecule is CCOC(C)(C)C(=O)Cc1cncc(Br)c1. The highest BCUT2D eigenvalue weighted by atomic mass is 79.9. The molecule has 0 atom stereocenters. The van der Waals surface area contributed by atoms with Gasteiger partial charge in [0.1, 0.15) is 5.60 Å². The van der Waals surface area contributed by atoms with Gasteiger partial charge in [-0.05, 0) is 48.3 Å². The van der Waals surface area contributed by atoms with Gasteiger partial charge in [-0.2, -0.15) is 0 Å². The zero-order chi connectivity index (χ0) is 12.2. The molecule has 4 heteroatoms. The molecule has 0 aliphatic carbocycles. The van der Waals surface area contributed by atoms with Crippen LogP contribution in [-0.4, -0.2) is 23.0 Å². The van der Waals surface area contributed by atoms with Gasteiger partial charge in [0.25, 0.3) is 0 Å². The third-order valence-electron chi connectivity index (χ3n) is 2.30. The number of halogens is 1. The molecule has 0 bridgehead atoms. The molecule has 0 aliphatic rings. The van der Waals surface area contributed by atoms with E-state index < -0.39 is 5.60 Å². The number of hydrogen-bond donors (Lipinski definition) is 0. The van der Waals surface area contributed by atoms with Crippen LogP contribution in [0.15, 0.2) is 22.9 Å². The predicted molar refractivity (Wildman–Crippen MR) is 66.4 cm³/mol. The van der Waals surface area contributed by atoms with E-state index >= 15 is 0 Å². The van der Waals surface area contributed by atoms with Gasteiger partial charge < -0.3 is 4.74 Å². The van der Waals surface area contributed by atoms with E-state index in [2.05, 4.69) is 20.9 Å². The van der Waals surface area contributed by atoms with Crippen molar-refractivity contribution in [3.8, 4) is 0 Å². The maximum absolute atomic E-state index is 12.0. The Morgan fingerprint density at radius 1 is 1.50 bits per heavy atom. The number of hydrogen-bond acceptors (Lipinski definition) is 3. The number of aromatic nitrogens is 1. The van der Waals surface area contributed by atoms with E-state index in [0.29, 0.717) is 13.0 Å². The molecule has 0 saturated carbocycles. The summed E-state index contributed by atoms with van der Waals surface area (Å²) in [6.45, 7) is 6.01. The van der Waals surface area contributed by atoms with E-state index in [1.807, 2.05) is 13.0 Å². The van der Waals surface area contributed by atoms with Crippen LogP contribution < -0.4 is 0 Å². The molecule has 1 aromatic rings. The zero-order valence-corrected chi connectivity index (χ0v) is 11.4. The monoisotopic (exact) mass is 285 g/mol. The van der Waals surface area contributed by atoms with E-state index in [1.165, 1.54) is 0 Å². The van der Waals surface area contributed by atoms with Crippen molar-refractivity contribution in [2.45, 2.75) is 32.8 Å². The summed E-state index contributed by atoms with van der Waals surface area (Å²) in [6, 6.07) is 1.90. The van der Waals surface area contributed by atoms with Crippen molar-refractivity contribution in [3.63, 3.8) is 0 Å². The molecule has 0 saturated heterocycles. The number of ketones is 1. The first kappa shape index (κ1) is 13.3. The lowest BCUT2D eigenvalue weighted by Gasteiger charge is -2.22. The molecule has 88 valence electrons. The van der Waals surface area contributed by atoms with E-state index in [4.69, 9.17) is 4.74 Å². The van der Waals surface area contributed by atoms with Gasteiger partial charge in [-0.1, -0.05) is 0 Å². The first-order chi connectivity index (χ1) is 7.45. The molecule has 0 fully saturated rings. The van der Waals surface area contributed by atoms with Crippen LogP contribution in [0.3, 0.4) is 0 Å². The molecule has 16 heavy (non-hydrogen) atoms. The van der Waals surface area contributed by atoms with Gasteiger partial charge in [0.05, 0.1) is 0 Å². The second-order valence-electron chi connectivity index (χ2n) is 4.05. The van der Waals surface area contributed by atoms with Crippen LogP contribution in [0.2, 0.25) is 0 Å². The van der Waals surface area contributed by atoms with Gasteiger partial charge in [0.15, 0.2) is 5.78 Å². The highest BCUT2D eigenvalue weighted by molar-refractivity contribution is 9.10. The molecule has 1 aromatic heterocycles. The van der Waals surface area contributed by atoms with Gasteiger partial charge in [-0.3, -0.25) is 9.78 Å². The van der Waals surface area contributed by atoms with Gasteiger partial charge >= 0.3 is 0 Å². The summed E-state index contributed by atoms with van der Waals surface area (Å²) < 4.78 is 6.29. The number of pyridine rings is 1. The van der Waals surface area contributed by atoms with E-state index in [9.17, 15) is 4.79 Å². The quantitative estimate of drug-likeness (QED) is 0.835. The summed E-state index contributed by atoms with van der Waals surface area (Å²) in [7, 11) is 0. The molecule has 0 spiro atoms. The molecular weight excluding hydrogens is 270 g/mol. The summed E-state index contributed by atoms with van der Waals surface area (Å²) in [4.78, 5) is 16.0. The highest BCUT2D eigenvalue weighted by Crippen LogP contribution is 2.16. The van der Waals surface area contributed by atoms with Crippen molar-refractivity contribution < 1.29 is 9.53 Å². The van der Waals surface area contributed by atoms with Gasteiger partial charge in [0.2, 0.25) is 0 Å². The molecular formula is C12H16BrNO2. The molecule has 1 heterocycles. The Labute approximate surface area is 104 Å². The molecule has 0 N–H and O–H groups in total.